The van der Waals surface area contributed by atoms with Crippen molar-refractivity contribution in [3.8, 4) is 5.75 Å². The Bertz CT molecular complexity index is 906. The zero-order chi connectivity index (χ0) is 18.8. The van der Waals surface area contributed by atoms with Crippen molar-refractivity contribution in [3.05, 3.63) is 59.4 Å². The van der Waals surface area contributed by atoms with E-state index in [1.807, 2.05) is 0 Å². The van der Waals surface area contributed by atoms with Crippen molar-refractivity contribution in [2.75, 3.05) is 7.11 Å². The van der Waals surface area contributed by atoms with Gasteiger partial charge in [0.25, 0.3) is 0 Å². The summed E-state index contributed by atoms with van der Waals surface area (Å²) in [6.45, 7) is 0. The van der Waals surface area contributed by atoms with Crippen LogP contribution in [0.5, 0.6) is 5.75 Å². The molecule has 0 aliphatic heterocycles. The fourth-order valence-electron chi connectivity index (χ4n) is 1.85. The zero-order valence-corrected chi connectivity index (χ0v) is 13.3. The van der Waals surface area contributed by atoms with Gasteiger partial charge in [-0.3, -0.25) is 0 Å². The molecule has 0 aliphatic carbocycles. The number of ether oxygens (including phenoxy) is 1. The highest BCUT2D eigenvalue weighted by atomic mass is 32.2. The van der Waals surface area contributed by atoms with Crippen LogP contribution in [0.2, 0.25) is 0 Å². The lowest BCUT2D eigenvalue weighted by Gasteiger charge is -2.12. The Kier molecular flexibility index (Phi) is 5.02. The van der Waals surface area contributed by atoms with Crippen LogP contribution in [0, 0.1) is 5.82 Å². The molecular weight excluding hydrogens is 368 g/mol. The van der Waals surface area contributed by atoms with E-state index in [0.717, 1.165) is 13.2 Å². The van der Waals surface area contributed by atoms with E-state index < -0.39 is 44.3 Å². The number of benzene rings is 2. The minimum Gasteiger partial charge on any atom is -0.465 e. The molecule has 0 atom stereocenters. The van der Waals surface area contributed by atoms with E-state index in [1.54, 1.807) is 0 Å². The largest absolute Gasteiger partial charge is 0.465 e. The maximum Gasteiger partial charge on any atom is 0.416 e. The first-order valence-electron chi connectivity index (χ1n) is 6.55. The second-order valence-electron chi connectivity index (χ2n) is 4.67. The fraction of sp³-hybridized carbons (Fsp3) is 0.133. The molecule has 0 aromatic heterocycles. The smallest absolute Gasteiger partial charge is 0.416 e. The van der Waals surface area contributed by atoms with Gasteiger partial charge in [0.2, 0.25) is 0 Å². The van der Waals surface area contributed by atoms with Crippen LogP contribution in [0.4, 0.5) is 17.6 Å². The Morgan fingerprint density at radius 2 is 1.72 bits per heavy atom. The monoisotopic (exact) mass is 378 g/mol. The number of carbonyl (C=O) groups is 1. The molecule has 0 amide bonds. The standard InChI is InChI=1S/C15H10F4O5S/c1-23-14(20)10-4-2-3-5-12(10)24-25(21,22)13-8-9(15(17,18)19)6-7-11(13)16/h2-8H,1H3. The lowest BCUT2D eigenvalue weighted by molar-refractivity contribution is -0.137. The van der Waals surface area contributed by atoms with Gasteiger partial charge >= 0.3 is 22.3 Å². The predicted octanol–water partition coefficient (Wildman–Crippen LogP) is 3.40. The SMILES string of the molecule is COC(=O)c1ccccc1OS(=O)(=O)c1cc(C(F)(F)F)ccc1F. The molecule has 0 aliphatic rings. The van der Waals surface area contributed by atoms with Gasteiger partial charge in [0.05, 0.1) is 12.7 Å². The maximum atomic E-state index is 13.8. The number of para-hydroxylation sites is 1. The summed E-state index contributed by atoms with van der Waals surface area (Å²) in [5.74, 6) is -2.87. The van der Waals surface area contributed by atoms with Gasteiger partial charge in [-0.25, -0.2) is 9.18 Å². The summed E-state index contributed by atoms with van der Waals surface area (Å²) in [4.78, 5) is 10.3. The van der Waals surface area contributed by atoms with Crippen molar-refractivity contribution in [1.82, 2.24) is 0 Å². The van der Waals surface area contributed by atoms with Gasteiger partial charge in [-0.2, -0.15) is 21.6 Å². The first-order chi connectivity index (χ1) is 11.6. The second-order valence-corrected chi connectivity index (χ2v) is 6.18. The Labute approximate surface area is 139 Å². The second kappa shape index (κ2) is 6.71. The van der Waals surface area contributed by atoms with E-state index in [2.05, 4.69) is 8.92 Å². The summed E-state index contributed by atoms with van der Waals surface area (Å²) in [6.07, 6.45) is -4.87. The normalized spacial score (nSPS) is 11.9. The minimum absolute atomic E-state index is 0.116. The molecule has 2 rings (SSSR count). The number of carbonyl (C=O) groups excluding carboxylic acids is 1. The summed E-state index contributed by atoms with van der Waals surface area (Å²) in [5.41, 5.74) is -1.65. The van der Waals surface area contributed by atoms with Gasteiger partial charge in [-0.05, 0) is 30.3 Å². The quantitative estimate of drug-likeness (QED) is 0.463. The maximum absolute atomic E-state index is 13.8. The van der Waals surface area contributed by atoms with Crippen molar-refractivity contribution in [2.24, 2.45) is 0 Å². The highest BCUT2D eigenvalue weighted by Crippen LogP contribution is 2.32. The number of esters is 1. The van der Waals surface area contributed by atoms with Gasteiger partial charge in [-0.15, -0.1) is 0 Å². The Morgan fingerprint density at radius 1 is 1.08 bits per heavy atom. The molecule has 134 valence electrons. The van der Waals surface area contributed by atoms with Gasteiger partial charge in [0, 0.05) is 0 Å². The van der Waals surface area contributed by atoms with E-state index in [-0.39, 0.29) is 11.6 Å². The molecule has 2 aromatic carbocycles. The summed E-state index contributed by atoms with van der Waals surface area (Å²) >= 11 is 0. The molecule has 5 nitrogen and oxygen atoms in total. The predicted molar refractivity (Wildman–Crippen MR) is 77.0 cm³/mol. The fourth-order valence-corrected chi connectivity index (χ4v) is 2.90. The van der Waals surface area contributed by atoms with E-state index in [1.165, 1.54) is 18.2 Å². The van der Waals surface area contributed by atoms with Crippen LogP contribution < -0.4 is 4.18 Å². The molecule has 2 aromatic rings. The molecular formula is C15H10F4O5S. The molecule has 0 radical (unpaired) electrons. The van der Waals surface area contributed by atoms with Crippen LogP contribution in [0.25, 0.3) is 0 Å². The summed E-state index contributed by atoms with van der Waals surface area (Å²) in [5, 5.41) is 0. The van der Waals surface area contributed by atoms with Crippen molar-refractivity contribution in [3.63, 3.8) is 0 Å². The van der Waals surface area contributed by atoms with Crippen LogP contribution in [-0.2, 0) is 21.0 Å². The van der Waals surface area contributed by atoms with Gasteiger partial charge in [0.15, 0.2) is 5.75 Å². The van der Waals surface area contributed by atoms with E-state index in [9.17, 15) is 30.8 Å². The van der Waals surface area contributed by atoms with E-state index in [4.69, 9.17) is 0 Å². The van der Waals surface area contributed by atoms with Gasteiger partial charge in [-0.1, -0.05) is 12.1 Å². The number of methoxy groups -OCH3 is 1. The van der Waals surface area contributed by atoms with Crippen LogP contribution in [-0.4, -0.2) is 21.5 Å². The molecule has 0 bridgehead atoms. The first kappa shape index (κ1) is 18.7. The molecule has 0 saturated heterocycles. The van der Waals surface area contributed by atoms with Crippen molar-refractivity contribution >= 4 is 16.1 Å². The molecule has 0 N–H and O–H groups in total. The molecule has 0 spiro atoms. The van der Waals surface area contributed by atoms with Crippen LogP contribution >= 0.6 is 0 Å². The highest BCUT2D eigenvalue weighted by Gasteiger charge is 2.34. The Morgan fingerprint density at radius 3 is 2.32 bits per heavy atom. The van der Waals surface area contributed by atoms with Crippen molar-refractivity contribution in [2.45, 2.75) is 11.1 Å². The van der Waals surface area contributed by atoms with E-state index >= 15 is 0 Å². The molecule has 0 unspecified atom stereocenters. The molecule has 10 heteroatoms. The first-order valence-corrected chi connectivity index (χ1v) is 7.95. The van der Waals surface area contributed by atoms with Crippen molar-refractivity contribution in [1.29, 1.82) is 0 Å². The molecule has 0 saturated carbocycles. The number of hydrogen-bond acceptors (Lipinski definition) is 5. The average Bonchev–Trinajstić information content (AvgIpc) is 2.53. The zero-order valence-electron chi connectivity index (χ0n) is 12.5. The lowest BCUT2D eigenvalue weighted by atomic mass is 10.2. The topological polar surface area (TPSA) is 69.7 Å². The number of rotatable bonds is 4. The van der Waals surface area contributed by atoms with Gasteiger partial charge in [0.1, 0.15) is 16.3 Å². The third-order valence-electron chi connectivity index (χ3n) is 3.02. The molecule has 0 fully saturated rings. The van der Waals surface area contributed by atoms with Crippen molar-refractivity contribution < 1.29 is 39.7 Å². The highest BCUT2D eigenvalue weighted by molar-refractivity contribution is 7.87. The van der Waals surface area contributed by atoms with Crippen LogP contribution in [0.3, 0.4) is 0 Å². The summed E-state index contributed by atoms with van der Waals surface area (Å²) in [6, 6.07) is 5.85. The number of hydrogen-bond donors (Lipinski definition) is 0. The van der Waals surface area contributed by atoms with Gasteiger partial charge < -0.3 is 8.92 Å². The number of halogens is 4. The Balaban J connectivity index is 2.50. The molecule has 0 heterocycles. The lowest BCUT2D eigenvalue weighted by Crippen LogP contribution is -2.16. The Hall–Kier alpha value is -2.62. The van der Waals surface area contributed by atoms with Crippen LogP contribution in [0.15, 0.2) is 47.4 Å². The molecule has 25 heavy (non-hydrogen) atoms. The van der Waals surface area contributed by atoms with Crippen LogP contribution in [0.1, 0.15) is 15.9 Å². The summed E-state index contributed by atoms with van der Waals surface area (Å²) in [7, 11) is -3.93. The third kappa shape index (κ3) is 4.08. The third-order valence-corrected chi connectivity index (χ3v) is 4.27. The minimum atomic E-state index is -4.97. The van der Waals surface area contributed by atoms with E-state index in [0.29, 0.717) is 12.1 Å². The summed E-state index contributed by atoms with van der Waals surface area (Å²) < 4.78 is 85.4. The number of alkyl halides is 3. The average molecular weight is 378 g/mol.